The minimum absolute atomic E-state index is 0.0350. The summed E-state index contributed by atoms with van der Waals surface area (Å²) < 4.78 is 2.18. The number of aromatic nitrogens is 2. The highest BCUT2D eigenvalue weighted by Gasteiger charge is 2.42. The lowest BCUT2D eigenvalue weighted by Crippen LogP contribution is -2.50. The maximum Gasteiger partial charge on any atom is 0.109 e. The van der Waals surface area contributed by atoms with Gasteiger partial charge in [0, 0.05) is 13.0 Å². The second kappa shape index (κ2) is 4.62. The zero-order chi connectivity index (χ0) is 13.5. The number of hydrogen-bond donors (Lipinski definition) is 2. The van der Waals surface area contributed by atoms with Gasteiger partial charge in [-0.2, -0.15) is 0 Å². The molecule has 1 saturated carbocycles. The summed E-state index contributed by atoms with van der Waals surface area (Å²) in [6.07, 6.45) is 3.14. The number of fused-ring (bicyclic) bond motifs is 1. The van der Waals surface area contributed by atoms with Gasteiger partial charge in [0.15, 0.2) is 0 Å². The Kier molecular flexibility index (Phi) is 3.07. The Bertz CT molecular complexity index is 588. The van der Waals surface area contributed by atoms with E-state index >= 15 is 0 Å². The predicted molar refractivity (Wildman–Crippen MR) is 75.8 cm³/mol. The molecule has 0 bridgehead atoms. The van der Waals surface area contributed by atoms with Crippen molar-refractivity contribution in [1.82, 2.24) is 9.55 Å². The molecule has 0 spiro atoms. The van der Waals surface area contributed by atoms with E-state index in [0.29, 0.717) is 12.5 Å². The Hall–Kier alpha value is -1.39. The van der Waals surface area contributed by atoms with Crippen LogP contribution in [-0.4, -0.2) is 26.8 Å². The molecule has 3 N–H and O–H groups in total. The van der Waals surface area contributed by atoms with Crippen LogP contribution in [-0.2, 0) is 13.0 Å². The summed E-state index contributed by atoms with van der Waals surface area (Å²) >= 11 is 0. The fourth-order valence-electron chi connectivity index (χ4n) is 2.83. The van der Waals surface area contributed by atoms with Gasteiger partial charge in [0.25, 0.3) is 0 Å². The average molecular weight is 259 g/mol. The van der Waals surface area contributed by atoms with Gasteiger partial charge in [0.05, 0.1) is 23.2 Å². The number of hydrogen-bond acceptors (Lipinski definition) is 3. The molecule has 0 saturated heterocycles. The Morgan fingerprint density at radius 2 is 2.16 bits per heavy atom. The number of nitrogens with zero attached hydrogens (tertiary/aromatic N) is 2. The minimum atomic E-state index is -0.507. The van der Waals surface area contributed by atoms with Crippen LogP contribution in [0.2, 0.25) is 0 Å². The Balaban J connectivity index is 2.03. The molecular weight excluding hydrogens is 238 g/mol. The number of nitrogens with two attached hydrogens (primary N) is 1. The van der Waals surface area contributed by atoms with E-state index in [1.165, 1.54) is 0 Å². The van der Waals surface area contributed by atoms with E-state index in [2.05, 4.69) is 22.5 Å². The van der Waals surface area contributed by atoms with Crippen LogP contribution in [0.1, 0.15) is 25.6 Å². The van der Waals surface area contributed by atoms with Gasteiger partial charge < -0.3 is 15.4 Å². The van der Waals surface area contributed by atoms with Crippen molar-refractivity contribution in [1.29, 1.82) is 0 Å². The molecular formula is C15H21N3O. The largest absolute Gasteiger partial charge is 0.394 e. The smallest absolute Gasteiger partial charge is 0.109 e. The summed E-state index contributed by atoms with van der Waals surface area (Å²) in [6.45, 7) is 2.79. The van der Waals surface area contributed by atoms with Crippen LogP contribution in [0, 0.1) is 5.92 Å². The van der Waals surface area contributed by atoms with Crippen molar-refractivity contribution in [3.05, 3.63) is 30.1 Å². The molecule has 1 aromatic carbocycles. The summed E-state index contributed by atoms with van der Waals surface area (Å²) in [5.74, 6) is 1.49. The zero-order valence-electron chi connectivity index (χ0n) is 11.3. The van der Waals surface area contributed by atoms with E-state index in [1.54, 1.807) is 0 Å². The van der Waals surface area contributed by atoms with Crippen molar-refractivity contribution in [2.75, 3.05) is 6.61 Å². The van der Waals surface area contributed by atoms with E-state index in [1.807, 2.05) is 18.2 Å². The number of imidazole rings is 1. The second-order valence-electron chi connectivity index (χ2n) is 5.62. The molecule has 0 amide bonds. The van der Waals surface area contributed by atoms with Gasteiger partial charge in [0.1, 0.15) is 5.82 Å². The second-order valence-corrected chi connectivity index (χ2v) is 5.62. The van der Waals surface area contributed by atoms with Crippen molar-refractivity contribution in [3.63, 3.8) is 0 Å². The first-order valence-electron chi connectivity index (χ1n) is 7.02. The van der Waals surface area contributed by atoms with Gasteiger partial charge in [-0.3, -0.25) is 0 Å². The van der Waals surface area contributed by atoms with Crippen LogP contribution >= 0.6 is 0 Å². The predicted octanol–water partition coefficient (Wildman–Crippen LogP) is 1.70. The zero-order valence-corrected chi connectivity index (χ0v) is 11.3. The molecule has 0 radical (unpaired) electrons. The topological polar surface area (TPSA) is 64.1 Å². The highest BCUT2D eigenvalue weighted by atomic mass is 16.3. The van der Waals surface area contributed by atoms with Crippen LogP contribution in [0.25, 0.3) is 11.0 Å². The maximum absolute atomic E-state index is 9.67. The van der Waals surface area contributed by atoms with E-state index in [0.717, 1.165) is 36.1 Å². The first kappa shape index (κ1) is 12.6. The van der Waals surface area contributed by atoms with Gasteiger partial charge in [0.2, 0.25) is 0 Å². The molecule has 1 atom stereocenters. The molecule has 4 nitrogen and oxygen atoms in total. The van der Waals surface area contributed by atoms with Crippen molar-refractivity contribution >= 4 is 11.0 Å². The molecule has 3 rings (SSSR count). The number of benzene rings is 1. The monoisotopic (exact) mass is 259 g/mol. The third-order valence-electron chi connectivity index (χ3n) is 4.19. The fourth-order valence-corrected chi connectivity index (χ4v) is 2.83. The van der Waals surface area contributed by atoms with Crippen LogP contribution in [0.15, 0.2) is 24.3 Å². The van der Waals surface area contributed by atoms with Crippen molar-refractivity contribution in [2.45, 2.75) is 38.3 Å². The van der Waals surface area contributed by atoms with Crippen molar-refractivity contribution in [2.24, 2.45) is 11.7 Å². The molecule has 19 heavy (non-hydrogen) atoms. The normalized spacial score (nSPS) is 18.7. The van der Waals surface area contributed by atoms with Gasteiger partial charge in [-0.05, 0) is 30.9 Å². The number of aliphatic hydroxyl groups is 1. The molecule has 102 valence electrons. The lowest BCUT2D eigenvalue weighted by Gasteiger charge is -2.28. The van der Waals surface area contributed by atoms with Gasteiger partial charge in [-0.25, -0.2) is 4.98 Å². The van der Waals surface area contributed by atoms with Crippen molar-refractivity contribution in [3.8, 4) is 0 Å². The lowest BCUT2D eigenvalue weighted by molar-refractivity contribution is 0.159. The molecule has 1 unspecified atom stereocenters. The quantitative estimate of drug-likeness (QED) is 0.859. The van der Waals surface area contributed by atoms with Crippen molar-refractivity contribution < 1.29 is 5.11 Å². The average Bonchev–Trinajstić information content (AvgIpc) is 3.24. The van der Waals surface area contributed by atoms with Crippen LogP contribution in [0.4, 0.5) is 0 Å². The molecule has 1 aliphatic carbocycles. The van der Waals surface area contributed by atoms with Crippen LogP contribution in [0.3, 0.4) is 0 Å². The van der Waals surface area contributed by atoms with E-state index < -0.39 is 5.54 Å². The molecule has 1 aromatic heterocycles. The highest BCUT2D eigenvalue weighted by molar-refractivity contribution is 5.75. The summed E-state index contributed by atoms with van der Waals surface area (Å²) in [5.41, 5.74) is 8.03. The van der Waals surface area contributed by atoms with E-state index in [-0.39, 0.29) is 6.61 Å². The third-order valence-corrected chi connectivity index (χ3v) is 4.19. The standard InChI is InChI=1S/C15H21N3O/c1-2-14-17-12-5-3-4-6-13(12)18(14)9-15(16,10-19)11-7-8-11/h3-6,11,19H,2,7-10,16H2,1H3. The maximum atomic E-state index is 9.67. The SMILES string of the molecule is CCc1nc2ccccc2n1CC(N)(CO)C1CC1. The molecule has 2 aromatic rings. The molecule has 1 fully saturated rings. The fraction of sp³-hybridized carbons (Fsp3) is 0.533. The lowest BCUT2D eigenvalue weighted by atomic mass is 9.95. The number of rotatable bonds is 5. The molecule has 0 aliphatic heterocycles. The molecule has 1 heterocycles. The first-order valence-corrected chi connectivity index (χ1v) is 7.02. The Morgan fingerprint density at radius 3 is 2.79 bits per heavy atom. The summed E-state index contributed by atoms with van der Waals surface area (Å²) in [6, 6.07) is 8.13. The van der Waals surface area contributed by atoms with E-state index in [9.17, 15) is 5.11 Å². The van der Waals surface area contributed by atoms with Crippen LogP contribution in [0.5, 0.6) is 0 Å². The highest BCUT2D eigenvalue weighted by Crippen LogP contribution is 2.39. The molecule has 1 aliphatic rings. The number of aryl methyl sites for hydroxylation is 1. The van der Waals surface area contributed by atoms with Gasteiger partial charge >= 0.3 is 0 Å². The van der Waals surface area contributed by atoms with Gasteiger partial charge in [-0.15, -0.1) is 0 Å². The van der Waals surface area contributed by atoms with Crippen LogP contribution < -0.4 is 5.73 Å². The first-order chi connectivity index (χ1) is 9.18. The van der Waals surface area contributed by atoms with E-state index in [4.69, 9.17) is 5.73 Å². The van der Waals surface area contributed by atoms with Gasteiger partial charge in [-0.1, -0.05) is 19.1 Å². The summed E-state index contributed by atoms with van der Waals surface area (Å²) in [5, 5.41) is 9.67. The molecule has 4 heteroatoms. The minimum Gasteiger partial charge on any atom is -0.394 e. The Labute approximate surface area is 113 Å². The number of para-hydroxylation sites is 2. The third kappa shape index (κ3) is 2.15. The number of aliphatic hydroxyl groups excluding tert-OH is 1. The summed E-state index contributed by atoms with van der Waals surface area (Å²) in [7, 11) is 0. The Morgan fingerprint density at radius 1 is 1.42 bits per heavy atom. The summed E-state index contributed by atoms with van der Waals surface area (Å²) in [4.78, 5) is 4.66.